The highest BCUT2D eigenvalue weighted by molar-refractivity contribution is 5.46. The lowest BCUT2D eigenvalue weighted by molar-refractivity contribution is 0.474. The lowest BCUT2D eigenvalue weighted by atomic mass is 10.1. The van der Waals surface area contributed by atoms with Gasteiger partial charge in [-0.3, -0.25) is 0 Å². The molecule has 0 radical (unpaired) electrons. The quantitative estimate of drug-likeness (QED) is 0.871. The first kappa shape index (κ1) is 12.6. The summed E-state index contributed by atoms with van der Waals surface area (Å²) in [6, 6.07) is 5.34. The van der Waals surface area contributed by atoms with Gasteiger partial charge in [-0.05, 0) is 51.6 Å². The number of nitrogens with zero attached hydrogens (tertiary/aromatic N) is 2. The van der Waals surface area contributed by atoms with Gasteiger partial charge in [-0.15, -0.1) is 0 Å². The van der Waals surface area contributed by atoms with Crippen LogP contribution < -0.4 is 5.32 Å². The molecule has 18 heavy (non-hydrogen) atoms. The Labute approximate surface area is 107 Å². The molecular weight excluding hydrogens is 226 g/mol. The van der Waals surface area contributed by atoms with Gasteiger partial charge in [0.15, 0.2) is 0 Å². The molecule has 0 atom stereocenters. The second-order valence-electron chi connectivity index (χ2n) is 4.56. The molecule has 1 aromatic carbocycles. The van der Waals surface area contributed by atoms with Gasteiger partial charge in [0.1, 0.15) is 5.75 Å². The van der Waals surface area contributed by atoms with E-state index < -0.39 is 0 Å². The fraction of sp³-hybridized carbons (Fsp3) is 0.357. The van der Waals surface area contributed by atoms with Gasteiger partial charge < -0.3 is 10.4 Å². The van der Waals surface area contributed by atoms with Crippen LogP contribution in [-0.2, 0) is 6.54 Å². The molecule has 2 N–H and O–H groups in total. The molecule has 0 spiro atoms. The highest BCUT2D eigenvalue weighted by Gasteiger charge is 2.13. The van der Waals surface area contributed by atoms with Gasteiger partial charge in [-0.2, -0.15) is 5.10 Å². The number of rotatable bonds is 3. The summed E-state index contributed by atoms with van der Waals surface area (Å²) in [5.41, 5.74) is 5.42. The molecule has 0 fully saturated rings. The monoisotopic (exact) mass is 245 g/mol. The summed E-state index contributed by atoms with van der Waals surface area (Å²) in [5.74, 6) is 0.285. The molecule has 1 aromatic heterocycles. The maximum atomic E-state index is 9.46. The highest BCUT2D eigenvalue weighted by Crippen LogP contribution is 2.23. The van der Waals surface area contributed by atoms with E-state index in [0.717, 1.165) is 29.2 Å². The number of aryl methyl sites for hydroxylation is 2. The Hall–Kier alpha value is -1.81. The average molecular weight is 245 g/mol. The van der Waals surface area contributed by atoms with E-state index in [0.29, 0.717) is 0 Å². The van der Waals surface area contributed by atoms with E-state index in [1.54, 1.807) is 12.1 Å². The van der Waals surface area contributed by atoms with E-state index in [1.165, 1.54) is 5.56 Å². The minimum absolute atomic E-state index is 0.285. The number of nitrogens with one attached hydrogen (secondary N) is 1. The SMILES string of the molecule is CNCc1c(C)nn(-c2ccc(O)cc2C)c1C. The number of hydrogen-bond acceptors (Lipinski definition) is 3. The Morgan fingerprint density at radius 1 is 1.28 bits per heavy atom. The molecule has 96 valence electrons. The number of aromatic nitrogens is 2. The molecule has 2 aromatic rings. The lowest BCUT2D eigenvalue weighted by Crippen LogP contribution is -2.07. The Kier molecular flexibility index (Phi) is 3.39. The zero-order valence-electron chi connectivity index (χ0n) is 11.3. The molecule has 0 aliphatic carbocycles. The summed E-state index contributed by atoms with van der Waals surface area (Å²) in [6.45, 7) is 6.88. The first-order valence-electron chi connectivity index (χ1n) is 6.04. The first-order chi connectivity index (χ1) is 8.54. The molecule has 0 amide bonds. The van der Waals surface area contributed by atoms with Crippen LogP contribution in [-0.4, -0.2) is 21.9 Å². The van der Waals surface area contributed by atoms with Crippen LogP contribution in [0.15, 0.2) is 18.2 Å². The Balaban J connectivity index is 2.54. The lowest BCUT2D eigenvalue weighted by Gasteiger charge is -2.09. The topological polar surface area (TPSA) is 50.1 Å². The van der Waals surface area contributed by atoms with Crippen LogP contribution in [0.3, 0.4) is 0 Å². The molecule has 4 nitrogen and oxygen atoms in total. The summed E-state index contributed by atoms with van der Waals surface area (Å²) < 4.78 is 1.94. The molecule has 0 unspecified atom stereocenters. The third kappa shape index (κ3) is 2.11. The summed E-state index contributed by atoms with van der Waals surface area (Å²) in [7, 11) is 1.93. The maximum Gasteiger partial charge on any atom is 0.115 e. The van der Waals surface area contributed by atoms with Crippen LogP contribution in [0, 0.1) is 20.8 Å². The number of benzene rings is 1. The Morgan fingerprint density at radius 3 is 2.61 bits per heavy atom. The molecule has 0 bridgehead atoms. The Morgan fingerprint density at radius 2 is 2.00 bits per heavy atom. The van der Waals surface area contributed by atoms with Gasteiger partial charge in [-0.1, -0.05) is 0 Å². The van der Waals surface area contributed by atoms with E-state index in [4.69, 9.17) is 0 Å². The third-order valence-corrected chi connectivity index (χ3v) is 3.20. The summed E-state index contributed by atoms with van der Waals surface area (Å²) in [6.07, 6.45) is 0. The van der Waals surface area contributed by atoms with Crippen LogP contribution in [0.4, 0.5) is 0 Å². The van der Waals surface area contributed by atoms with Crippen LogP contribution in [0.1, 0.15) is 22.5 Å². The standard InChI is InChI=1S/C14H19N3O/c1-9-7-12(18)5-6-14(9)17-11(3)13(8-15-4)10(2)16-17/h5-7,15,18H,8H2,1-4H3. The molecular formula is C14H19N3O. The largest absolute Gasteiger partial charge is 0.508 e. The van der Waals surface area contributed by atoms with Crippen molar-refractivity contribution in [2.75, 3.05) is 7.05 Å². The fourth-order valence-corrected chi connectivity index (χ4v) is 2.22. The van der Waals surface area contributed by atoms with Crippen molar-refractivity contribution in [3.8, 4) is 11.4 Å². The van der Waals surface area contributed by atoms with Crippen molar-refractivity contribution >= 4 is 0 Å². The van der Waals surface area contributed by atoms with Gasteiger partial charge in [0.2, 0.25) is 0 Å². The number of phenols is 1. The molecule has 0 aliphatic heterocycles. The van der Waals surface area contributed by atoms with Gasteiger partial charge in [0, 0.05) is 17.8 Å². The normalized spacial score (nSPS) is 10.9. The summed E-state index contributed by atoms with van der Waals surface area (Å²) in [5, 5.41) is 17.2. The van der Waals surface area contributed by atoms with Crippen molar-refractivity contribution in [2.45, 2.75) is 27.3 Å². The number of hydrogen-bond donors (Lipinski definition) is 2. The van der Waals surface area contributed by atoms with Crippen LogP contribution in [0.25, 0.3) is 5.69 Å². The molecule has 1 heterocycles. The van der Waals surface area contributed by atoms with Gasteiger partial charge in [0.25, 0.3) is 0 Å². The van der Waals surface area contributed by atoms with Crippen molar-refractivity contribution in [3.63, 3.8) is 0 Å². The fourth-order valence-electron chi connectivity index (χ4n) is 2.22. The zero-order valence-corrected chi connectivity index (χ0v) is 11.3. The first-order valence-corrected chi connectivity index (χ1v) is 6.04. The zero-order chi connectivity index (χ0) is 13.3. The van der Waals surface area contributed by atoms with Crippen molar-refractivity contribution in [2.24, 2.45) is 0 Å². The van der Waals surface area contributed by atoms with Gasteiger partial charge >= 0.3 is 0 Å². The average Bonchev–Trinajstić information content (AvgIpc) is 2.58. The van der Waals surface area contributed by atoms with E-state index in [2.05, 4.69) is 17.3 Å². The number of phenolic OH excluding ortho intramolecular Hbond substituents is 1. The van der Waals surface area contributed by atoms with E-state index in [1.807, 2.05) is 31.6 Å². The van der Waals surface area contributed by atoms with Crippen LogP contribution in [0.2, 0.25) is 0 Å². The van der Waals surface area contributed by atoms with Crippen molar-refractivity contribution in [1.29, 1.82) is 0 Å². The molecule has 0 saturated carbocycles. The van der Waals surface area contributed by atoms with Gasteiger partial charge in [0.05, 0.1) is 11.4 Å². The number of aromatic hydroxyl groups is 1. The molecule has 2 rings (SSSR count). The summed E-state index contributed by atoms with van der Waals surface area (Å²) >= 11 is 0. The van der Waals surface area contributed by atoms with Crippen LogP contribution in [0.5, 0.6) is 5.75 Å². The predicted molar refractivity (Wildman–Crippen MR) is 72.2 cm³/mol. The second kappa shape index (κ2) is 4.82. The third-order valence-electron chi connectivity index (χ3n) is 3.20. The second-order valence-corrected chi connectivity index (χ2v) is 4.56. The molecule has 0 saturated heterocycles. The van der Waals surface area contributed by atoms with Crippen molar-refractivity contribution in [3.05, 3.63) is 40.7 Å². The smallest absolute Gasteiger partial charge is 0.115 e. The Bertz CT molecular complexity index is 573. The predicted octanol–water partition coefficient (Wildman–Crippen LogP) is 2.22. The van der Waals surface area contributed by atoms with E-state index in [-0.39, 0.29) is 5.75 Å². The van der Waals surface area contributed by atoms with Crippen molar-refractivity contribution in [1.82, 2.24) is 15.1 Å². The van der Waals surface area contributed by atoms with Gasteiger partial charge in [-0.25, -0.2) is 4.68 Å². The van der Waals surface area contributed by atoms with E-state index >= 15 is 0 Å². The minimum Gasteiger partial charge on any atom is -0.508 e. The van der Waals surface area contributed by atoms with Crippen molar-refractivity contribution < 1.29 is 5.11 Å². The van der Waals surface area contributed by atoms with Crippen LogP contribution >= 0.6 is 0 Å². The highest BCUT2D eigenvalue weighted by atomic mass is 16.3. The van der Waals surface area contributed by atoms with E-state index in [9.17, 15) is 5.11 Å². The summed E-state index contributed by atoms with van der Waals surface area (Å²) in [4.78, 5) is 0. The molecule has 0 aliphatic rings. The molecule has 4 heteroatoms. The minimum atomic E-state index is 0.285. The maximum absolute atomic E-state index is 9.46.